The maximum Gasteiger partial charge on any atom is 0.252 e. The Kier molecular flexibility index (Phi) is 4.21. The summed E-state index contributed by atoms with van der Waals surface area (Å²) in [4.78, 5) is 17.6. The highest BCUT2D eigenvalue weighted by Gasteiger charge is 2.18. The van der Waals surface area contributed by atoms with Gasteiger partial charge in [-0.3, -0.25) is 9.78 Å². The van der Waals surface area contributed by atoms with Gasteiger partial charge in [-0.25, -0.2) is 0 Å². The van der Waals surface area contributed by atoms with Crippen molar-refractivity contribution in [2.45, 2.75) is 26.8 Å². The fourth-order valence-electron chi connectivity index (χ4n) is 3.32. The van der Waals surface area contributed by atoms with Gasteiger partial charge in [0, 0.05) is 17.6 Å². The van der Waals surface area contributed by atoms with Crippen LogP contribution in [-0.4, -0.2) is 17.7 Å². The highest BCUT2D eigenvalue weighted by molar-refractivity contribution is 6.07. The highest BCUT2D eigenvalue weighted by atomic mass is 16.7. The lowest BCUT2D eigenvalue weighted by molar-refractivity contribution is 0.0951. The van der Waals surface area contributed by atoms with E-state index in [0.29, 0.717) is 12.1 Å². The van der Waals surface area contributed by atoms with E-state index in [1.54, 1.807) is 0 Å². The van der Waals surface area contributed by atoms with Gasteiger partial charge in [0.1, 0.15) is 0 Å². The number of para-hydroxylation sites is 1. The zero-order valence-corrected chi connectivity index (χ0v) is 14.8. The molecule has 1 aromatic heterocycles. The van der Waals surface area contributed by atoms with Crippen LogP contribution in [0, 0.1) is 6.92 Å². The molecule has 0 saturated heterocycles. The van der Waals surface area contributed by atoms with Gasteiger partial charge in [-0.2, -0.15) is 0 Å². The van der Waals surface area contributed by atoms with Crippen molar-refractivity contribution in [2.75, 3.05) is 6.79 Å². The van der Waals surface area contributed by atoms with Crippen LogP contribution in [0.3, 0.4) is 0 Å². The summed E-state index contributed by atoms with van der Waals surface area (Å²) in [6.07, 6.45) is 0.791. The SMILES string of the molecule is CCc1nc2ccccc2c(C(=O)NCc2ccc3c(c2)OCO3)c1C. The standard InChI is InChI=1S/C21H20N2O3/c1-3-16-13(2)20(15-6-4-5-7-17(15)23-16)21(24)22-11-14-8-9-18-19(10-14)26-12-25-18/h4-10H,3,11-12H2,1-2H3,(H,22,24). The maximum atomic E-state index is 13.0. The first-order valence-corrected chi connectivity index (χ1v) is 8.72. The number of nitrogens with one attached hydrogen (secondary N) is 1. The predicted octanol–water partition coefficient (Wildman–Crippen LogP) is 3.76. The van der Waals surface area contributed by atoms with Gasteiger partial charge in [0.15, 0.2) is 11.5 Å². The van der Waals surface area contributed by atoms with Crippen LogP contribution in [0.2, 0.25) is 0 Å². The van der Waals surface area contributed by atoms with Crippen LogP contribution in [0.1, 0.15) is 34.1 Å². The lowest BCUT2D eigenvalue weighted by atomic mass is 9.99. The maximum absolute atomic E-state index is 13.0. The average molecular weight is 348 g/mol. The number of hydrogen-bond donors (Lipinski definition) is 1. The normalized spacial score (nSPS) is 12.4. The average Bonchev–Trinajstić information content (AvgIpc) is 3.13. The van der Waals surface area contributed by atoms with Crippen molar-refractivity contribution in [3.63, 3.8) is 0 Å². The Balaban J connectivity index is 1.63. The molecule has 0 spiro atoms. The zero-order chi connectivity index (χ0) is 18.1. The second kappa shape index (κ2) is 6.67. The van der Waals surface area contributed by atoms with E-state index in [-0.39, 0.29) is 12.7 Å². The minimum atomic E-state index is -0.0894. The number of aromatic nitrogens is 1. The summed E-state index contributed by atoms with van der Waals surface area (Å²) < 4.78 is 10.7. The van der Waals surface area contributed by atoms with E-state index in [1.165, 1.54) is 0 Å². The summed E-state index contributed by atoms with van der Waals surface area (Å²) in [5.74, 6) is 1.37. The van der Waals surface area contributed by atoms with Gasteiger partial charge in [0.05, 0.1) is 11.1 Å². The molecule has 0 atom stereocenters. The number of hydrogen-bond acceptors (Lipinski definition) is 4. The zero-order valence-electron chi connectivity index (χ0n) is 14.8. The van der Waals surface area contributed by atoms with Gasteiger partial charge in [-0.1, -0.05) is 31.2 Å². The van der Waals surface area contributed by atoms with Crippen molar-refractivity contribution in [3.8, 4) is 11.5 Å². The van der Waals surface area contributed by atoms with Crippen LogP contribution >= 0.6 is 0 Å². The number of fused-ring (bicyclic) bond motifs is 2. The van der Waals surface area contributed by atoms with E-state index >= 15 is 0 Å². The van der Waals surface area contributed by atoms with E-state index in [1.807, 2.05) is 49.4 Å². The number of ether oxygens (including phenoxy) is 2. The summed E-state index contributed by atoms with van der Waals surface area (Å²) >= 11 is 0. The number of carbonyl (C=O) groups excluding carboxylic acids is 1. The molecule has 0 saturated carbocycles. The molecule has 5 nitrogen and oxygen atoms in total. The molecule has 1 N–H and O–H groups in total. The molecule has 2 heterocycles. The largest absolute Gasteiger partial charge is 0.454 e. The summed E-state index contributed by atoms with van der Waals surface area (Å²) in [6.45, 7) is 4.69. The van der Waals surface area contributed by atoms with Gasteiger partial charge in [0.2, 0.25) is 6.79 Å². The molecule has 1 aliphatic heterocycles. The Hall–Kier alpha value is -3.08. The number of carbonyl (C=O) groups is 1. The first-order valence-electron chi connectivity index (χ1n) is 8.72. The molecule has 0 unspecified atom stereocenters. The van der Waals surface area contributed by atoms with Gasteiger partial charge in [0.25, 0.3) is 5.91 Å². The molecule has 0 fully saturated rings. The smallest absolute Gasteiger partial charge is 0.252 e. The lowest BCUT2D eigenvalue weighted by Crippen LogP contribution is -2.24. The monoisotopic (exact) mass is 348 g/mol. The molecule has 0 radical (unpaired) electrons. The Bertz CT molecular complexity index is 998. The number of pyridine rings is 1. The van der Waals surface area contributed by atoms with E-state index in [4.69, 9.17) is 9.47 Å². The molecule has 0 aliphatic carbocycles. The number of benzene rings is 2. The van der Waals surface area contributed by atoms with E-state index in [9.17, 15) is 4.79 Å². The number of aryl methyl sites for hydroxylation is 1. The van der Waals surface area contributed by atoms with Crippen molar-refractivity contribution in [1.29, 1.82) is 0 Å². The Morgan fingerprint density at radius 1 is 1.15 bits per heavy atom. The number of nitrogens with zero attached hydrogens (tertiary/aromatic N) is 1. The third kappa shape index (κ3) is 2.86. The third-order valence-electron chi connectivity index (χ3n) is 4.69. The molecule has 1 aliphatic rings. The lowest BCUT2D eigenvalue weighted by Gasteiger charge is -2.14. The second-order valence-electron chi connectivity index (χ2n) is 6.30. The summed E-state index contributed by atoms with van der Waals surface area (Å²) in [7, 11) is 0. The first-order chi connectivity index (χ1) is 12.7. The predicted molar refractivity (Wildman–Crippen MR) is 99.6 cm³/mol. The molecule has 3 aromatic rings. The van der Waals surface area contributed by atoms with Crippen LogP contribution in [-0.2, 0) is 13.0 Å². The van der Waals surface area contributed by atoms with Crippen molar-refractivity contribution in [1.82, 2.24) is 10.3 Å². The minimum Gasteiger partial charge on any atom is -0.454 e. The van der Waals surface area contributed by atoms with Crippen molar-refractivity contribution < 1.29 is 14.3 Å². The highest BCUT2D eigenvalue weighted by Crippen LogP contribution is 2.32. The van der Waals surface area contributed by atoms with Crippen LogP contribution in [0.25, 0.3) is 10.9 Å². The first kappa shape index (κ1) is 16.4. The van der Waals surface area contributed by atoms with Gasteiger partial charge < -0.3 is 14.8 Å². The van der Waals surface area contributed by atoms with E-state index < -0.39 is 0 Å². The Morgan fingerprint density at radius 3 is 2.81 bits per heavy atom. The summed E-state index contributed by atoms with van der Waals surface area (Å²) in [6, 6.07) is 13.5. The molecular formula is C21H20N2O3. The van der Waals surface area contributed by atoms with Crippen LogP contribution in [0.5, 0.6) is 11.5 Å². The second-order valence-corrected chi connectivity index (χ2v) is 6.30. The third-order valence-corrected chi connectivity index (χ3v) is 4.69. The summed E-state index contributed by atoms with van der Waals surface area (Å²) in [5, 5.41) is 3.91. The van der Waals surface area contributed by atoms with Crippen molar-refractivity contribution in [2.24, 2.45) is 0 Å². The topological polar surface area (TPSA) is 60.5 Å². The van der Waals surface area contributed by atoms with E-state index in [2.05, 4.69) is 17.2 Å². The van der Waals surface area contributed by atoms with Gasteiger partial charge >= 0.3 is 0 Å². The summed E-state index contributed by atoms with van der Waals surface area (Å²) in [5.41, 5.74) is 4.41. The van der Waals surface area contributed by atoms with Crippen LogP contribution in [0.4, 0.5) is 0 Å². The minimum absolute atomic E-state index is 0.0894. The van der Waals surface area contributed by atoms with E-state index in [0.717, 1.165) is 45.6 Å². The molecule has 132 valence electrons. The van der Waals surface area contributed by atoms with Gasteiger partial charge in [-0.05, 0) is 42.7 Å². The Labute approximate surface area is 152 Å². The number of rotatable bonds is 4. The molecule has 5 heteroatoms. The molecule has 2 aromatic carbocycles. The molecule has 1 amide bonds. The van der Waals surface area contributed by atoms with Crippen LogP contribution < -0.4 is 14.8 Å². The quantitative estimate of drug-likeness (QED) is 0.780. The molecule has 26 heavy (non-hydrogen) atoms. The van der Waals surface area contributed by atoms with Gasteiger partial charge in [-0.15, -0.1) is 0 Å². The van der Waals surface area contributed by atoms with Crippen LogP contribution in [0.15, 0.2) is 42.5 Å². The molecule has 4 rings (SSSR count). The van der Waals surface area contributed by atoms with Crippen molar-refractivity contribution in [3.05, 3.63) is 64.8 Å². The molecule has 0 bridgehead atoms. The van der Waals surface area contributed by atoms with Crippen molar-refractivity contribution >= 4 is 16.8 Å². The number of amides is 1. The molecular weight excluding hydrogens is 328 g/mol. The Morgan fingerprint density at radius 2 is 1.96 bits per heavy atom. The fraction of sp³-hybridized carbons (Fsp3) is 0.238. The fourth-order valence-corrected chi connectivity index (χ4v) is 3.32.